The van der Waals surface area contributed by atoms with Crippen molar-refractivity contribution < 1.29 is 9.21 Å². The van der Waals surface area contributed by atoms with Crippen molar-refractivity contribution in [2.45, 2.75) is 58.2 Å². The highest BCUT2D eigenvalue weighted by molar-refractivity contribution is 6.30. The average molecular weight is 525 g/mol. The molecule has 5 rings (SSSR count). The van der Waals surface area contributed by atoms with Gasteiger partial charge >= 0.3 is 6.01 Å². The lowest BCUT2D eigenvalue weighted by Gasteiger charge is -2.50. The molecule has 37 heavy (non-hydrogen) atoms. The van der Waals surface area contributed by atoms with E-state index in [1.54, 1.807) is 30.5 Å². The Bertz CT molecular complexity index is 1240. The zero-order valence-corrected chi connectivity index (χ0v) is 22.2. The molecular weight excluding hydrogens is 492 g/mol. The first kappa shape index (κ1) is 25.4. The van der Waals surface area contributed by atoms with Gasteiger partial charge in [-0.25, -0.2) is 9.97 Å². The van der Waals surface area contributed by atoms with E-state index in [1.165, 1.54) is 0 Å². The summed E-state index contributed by atoms with van der Waals surface area (Å²) in [4.78, 5) is 29.3. The summed E-state index contributed by atoms with van der Waals surface area (Å²) < 4.78 is 5.30. The Balaban J connectivity index is 1.24. The second-order valence-corrected chi connectivity index (χ2v) is 10.3. The van der Waals surface area contributed by atoms with Crippen molar-refractivity contribution in [3.8, 4) is 11.6 Å². The van der Waals surface area contributed by atoms with Gasteiger partial charge < -0.3 is 20.0 Å². The maximum atomic E-state index is 12.9. The van der Waals surface area contributed by atoms with Crippen LogP contribution in [0.4, 0.5) is 11.8 Å². The molecular formula is C26H33ClN8O2. The summed E-state index contributed by atoms with van der Waals surface area (Å²) in [5.41, 5.74) is 7.58. The number of nitrogens with two attached hydrogens (primary N) is 1. The third kappa shape index (κ3) is 5.26. The minimum atomic E-state index is 0.00856. The number of hydrogen-bond acceptors (Lipinski definition) is 9. The molecule has 0 unspecified atom stereocenters. The van der Waals surface area contributed by atoms with Crippen molar-refractivity contribution in [3.05, 3.63) is 46.7 Å². The second kappa shape index (κ2) is 10.6. The van der Waals surface area contributed by atoms with Crippen LogP contribution in [0.5, 0.6) is 0 Å². The van der Waals surface area contributed by atoms with Crippen LogP contribution in [0.1, 0.15) is 49.2 Å². The Kier molecular flexibility index (Phi) is 7.30. The minimum Gasteiger partial charge on any atom is -0.402 e. The number of rotatable bonds is 5. The number of aryl methyl sites for hydroxylation is 1. The topological polar surface area (TPSA) is 118 Å². The molecule has 0 aliphatic carbocycles. The fraction of sp³-hybridized carbons (Fsp3) is 0.500. The smallest absolute Gasteiger partial charge is 0.313 e. The summed E-state index contributed by atoms with van der Waals surface area (Å²) in [5.74, 6) is 1.23. The molecule has 10 nitrogen and oxygen atoms in total. The number of nitrogen functional groups attached to an aromatic ring is 1. The Morgan fingerprint density at radius 3 is 2.51 bits per heavy atom. The SMILES string of the molecule is CC[C@H]1CN(c2ncc(-c3nnc(N)o3)nc2C)[C@H](C)CN1C1CCN(C(=O)c2ccc(Cl)cc2)CC1. The molecule has 2 aliphatic rings. The molecule has 4 heterocycles. The van der Waals surface area contributed by atoms with Gasteiger partial charge in [-0.2, -0.15) is 0 Å². The summed E-state index contributed by atoms with van der Waals surface area (Å²) in [7, 11) is 0. The molecule has 1 aromatic carbocycles. The fourth-order valence-corrected chi connectivity index (χ4v) is 5.67. The van der Waals surface area contributed by atoms with Gasteiger partial charge in [-0.1, -0.05) is 23.6 Å². The van der Waals surface area contributed by atoms with Gasteiger partial charge in [0.05, 0.1) is 11.9 Å². The lowest BCUT2D eigenvalue weighted by atomic mass is 9.96. The van der Waals surface area contributed by atoms with Crippen LogP contribution in [0.2, 0.25) is 5.02 Å². The van der Waals surface area contributed by atoms with E-state index < -0.39 is 0 Å². The highest BCUT2D eigenvalue weighted by Gasteiger charge is 2.37. The largest absolute Gasteiger partial charge is 0.402 e. The third-order valence-electron chi connectivity index (χ3n) is 7.52. The molecule has 0 spiro atoms. The Morgan fingerprint density at radius 1 is 1.16 bits per heavy atom. The van der Waals surface area contributed by atoms with Crippen LogP contribution in [0.15, 0.2) is 34.9 Å². The van der Waals surface area contributed by atoms with Crippen LogP contribution in [0.3, 0.4) is 0 Å². The predicted octanol–water partition coefficient (Wildman–Crippen LogP) is 3.66. The first-order valence-corrected chi connectivity index (χ1v) is 13.2. The predicted molar refractivity (Wildman–Crippen MR) is 142 cm³/mol. The average Bonchev–Trinajstić information content (AvgIpc) is 3.35. The van der Waals surface area contributed by atoms with Crippen LogP contribution in [0.25, 0.3) is 11.6 Å². The first-order valence-electron chi connectivity index (χ1n) is 12.8. The molecule has 196 valence electrons. The Morgan fingerprint density at radius 2 is 1.89 bits per heavy atom. The van der Waals surface area contributed by atoms with Gasteiger partial charge in [-0.15, -0.1) is 5.10 Å². The maximum Gasteiger partial charge on any atom is 0.313 e. The number of carbonyl (C=O) groups is 1. The van der Waals surface area contributed by atoms with E-state index in [4.69, 9.17) is 26.7 Å². The monoisotopic (exact) mass is 524 g/mol. The fourth-order valence-electron chi connectivity index (χ4n) is 5.54. The van der Waals surface area contributed by atoms with Crippen LogP contribution in [-0.4, -0.2) is 80.2 Å². The quantitative estimate of drug-likeness (QED) is 0.533. The minimum absolute atomic E-state index is 0.00856. The van der Waals surface area contributed by atoms with E-state index in [0.717, 1.165) is 57.0 Å². The van der Waals surface area contributed by atoms with Gasteiger partial charge in [-0.05, 0) is 57.4 Å². The summed E-state index contributed by atoms with van der Waals surface area (Å²) in [6.45, 7) is 9.80. The highest BCUT2D eigenvalue weighted by atomic mass is 35.5. The van der Waals surface area contributed by atoms with Crippen LogP contribution >= 0.6 is 11.6 Å². The van der Waals surface area contributed by atoms with Crippen LogP contribution in [0, 0.1) is 6.92 Å². The first-order chi connectivity index (χ1) is 17.8. The van der Waals surface area contributed by atoms with Crippen molar-refractivity contribution in [3.63, 3.8) is 0 Å². The van der Waals surface area contributed by atoms with Gasteiger partial charge in [0.1, 0.15) is 11.5 Å². The molecule has 0 saturated carbocycles. The molecule has 1 amide bonds. The van der Waals surface area contributed by atoms with E-state index in [0.29, 0.717) is 28.4 Å². The standard InChI is InChI=1S/C26H33ClN8O2/c1-4-20-15-34(23-17(3)30-22(13-29-23)24-31-32-26(28)37-24)16(2)14-35(20)21-9-11-33(12-10-21)25(36)18-5-7-19(27)8-6-18/h5-8,13,16,20-21H,4,9-12,14-15H2,1-3H3,(H2,28,32)/t16-,20+/m1/s1. The number of amides is 1. The van der Waals surface area contributed by atoms with Crippen LogP contribution in [-0.2, 0) is 0 Å². The van der Waals surface area contributed by atoms with Crippen molar-refractivity contribution >= 4 is 29.3 Å². The number of halogens is 1. The number of benzene rings is 1. The van der Waals surface area contributed by atoms with E-state index in [9.17, 15) is 4.79 Å². The number of carbonyl (C=O) groups excluding carboxylic acids is 1. The van der Waals surface area contributed by atoms with Crippen molar-refractivity contribution in [2.75, 3.05) is 36.8 Å². The van der Waals surface area contributed by atoms with E-state index >= 15 is 0 Å². The summed E-state index contributed by atoms with van der Waals surface area (Å²) in [5, 5.41) is 8.26. The number of hydrogen-bond donors (Lipinski definition) is 1. The third-order valence-corrected chi connectivity index (χ3v) is 7.77. The Labute approximate surface area is 221 Å². The zero-order valence-electron chi connectivity index (χ0n) is 21.5. The van der Waals surface area contributed by atoms with E-state index in [1.807, 2.05) is 11.8 Å². The van der Waals surface area contributed by atoms with Gasteiger partial charge in [0, 0.05) is 54.9 Å². The summed E-state index contributed by atoms with van der Waals surface area (Å²) in [6, 6.07) is 8.30. The van der Waals surface area contributed by atoms with Gasteiger partial charge in [-0.3, -0.25) is 9.69 Å². The van der Waals surface area contributed by atoms with E-state index in [-0.39, 0.29) is 23.9 Å². The summed E-state index contributed by atoms with van der Waals surface area (Å²) in [6.07, 6.45) is 4.66. The Hall–Kier alpha value is -3.24. The molecule has 2 fully saturated rings. The molecule has 11 heteroatoms. The van der Waals surface area contributed by atoms with Gasteiger partial charge in [0.15, 0.2) is 0 Å². The lowest BCUT2D eigenvalue weighted by molar-refractivity contribution is 0.0434. The molecule has 3 aromatic rings. The number of piperidine rings is 1. The van der Waals surface area contributed by atoms with Crippen molar-refractivity contribution in [1.82, 2.24) is 30.0 Å². The molecule has 2 N–H and O–H groups in total. The number of anilines is 2. The number of likely N-dealkylation sites (tertiary alicyclic amines) is 1. The molecule has 0 radical (unpaired) electrons. The summed E-state index contributed by atoms with van der Waals surface area (Å²) >= 11 is 5.98. The lowest BCUT2D eigenvalue weighted by Crippen LogP contribution is -2.62. The number of aromatic nitrogens is 4. The van der Waals surface area contributed by atoms with Gasteiger partial charge in [0.2, 0.25) is 0 Å². The van der Waals surface area contributed by atoms with Crippen molar-refractivity contribution in [1.29, 1.82) is 0 Å². The molecule has 0 bridgehead atoms. The second-order valence-electron chi connectivity index (χ2n) is 9.90. The normalized spacial score (nSPS) is 21.4. The molecule has 2 atom stereocenters. The van der Waals surface area contributed by atoms with Crippen molar-refractivity contribution in [2.24, 2.45) is 0 Å². The number of nitrogens with zero attached hydrogens (tertiary/aromatic N) is 7. The molecule has 2 saturated heterocycles. The number of piperazine rings is 1. The zero-order chi connectivity index (χ0) is 26.1. The van der Waals surface area contributed by atoms with E-state index in [2.05, 4.69) is 38.8 Å². The molecule has 2 aliphatic heterocycles. The van der Waals surface area contributed by atoms with Gasteiger partial charge in [0.25, 0.3) is 11.8 Å². The maximum absolute atomic E-state index is 12.9. The molecule has 2 aromatic heterocycles. The highest BCUT2D eigenvalue weighted by Crippen LogP contribution is 2.30. The van der Waals surface area contributed by atoms with Crippen LogP contribution < -0.4 is 10.6 Å².